The fourth-order valence-electron chi connectivity index (χ4n) is 2.84. The maximum Gasteiger partial charge on any atom is 0.410 e. The summed E-state index contributed by atoms with van der Waals surface area (Å²) in [4.78, 5) is 49.3. The van der Waals surface area contributed by atoms with Crippen LogP contribution in [0.15, 0.2) is 0 Å². The number of nitrogens with zero attached hydrogens (tertiary/aromatic N) is 1. The number of carbonyl (C=O) groups excluding carboxylic acids is 3. The lowest BCUT2D eigenvalue weighted by molar-refractivity contribution is -0.138. The molecule has 9 nitrogen and oxygen atoms in total. The average Bonchev–Trinajstić information content (AvgIpc) is 2.99. The lowest BCUT2D eigenvalue weighted by Crippen LogP contribution is -2.54. The molecule has 0 aromatic carbocycles. The first-order valence-corrected chi connectivity index (χ1v) is 9.20. The Bertz CT molecular complexity index is 570. The van der Waals surface area contributed by atoms with E-state index in [0.717, 1.165) is 0 Å². The molecule has 0 bridgehead atoms. The molecule has 1 heterocycles. The highest BCUT2D eigenvalue weighted by Crippen LogP contribution is 2.21. The maximum absolute atomic E-state index is 12.7. The van der Waals surface area contributed by atoms with Crippen LogP contribution in [-0.2, 0) is 19.1 Å². The highest BCUT2D eigenvalue weighted by Gasteiger charge is 2.38. The van der Waals surface area contributed by atoms with Crippen molar-refractivity contribution < 1.29 is 29.0 Å². The van der Waals surface area contributed by atoms with E-state index in [1.165, 1.54) is 4.90 Å². The van der Waals surface area contributed by atoms with E-state index in [9.17, 15) is 19.2 Å². The molecule has 1 aliphatic heterocycles. The summed E-state index contributed by atoms with van der Waals surface area (Å²) in [5.41, 5.74) is -0.669. The minimum absolute atomic E-state index is 0.108. The molecule has 0 spiro atoms. The molecule has 3 N–H and O–H groups in total. The van der Waals surface area contributed by atoms with Crippen LogP contribution in [-0.4, -0.2) is 64.7 Å². The van der Waals surface area contributed by atoms with Crippen LogP contribution in [0.3, 0.4) is 0 Å². The Labute approximate surface area is 159 Å². The van der Waals surface area contributed by atoms with Crippen molar-refractivity contribution in [3.8, 4) is 0 Å². The predicted octanol–water partition coefficient (Wildman–Crippen LogP) is 1.12. The van der Waals surface area contributed by atoms with E-state index in [-0.39, 0.29) is 5.92 Å². The first kappa shape index (κ1) is 22.7. The SMILES string of the molecule is CC(C)C[C@@H](NC(=O)[C@H]1CCCN1C(=O)OC(C)(C)C)C(=O)NCC(=O)O. The number of rotatable bonds is 7. The van der Waals surface area contributed by atoms with E-state index >= 15 is 0 Å². The summed E-state index contributed by atoms with van der Waals surface area (Å²) in [6.45, 7) is 8.94. The molecule has 3 amide bonds. The Kier molecular flexibility index (Phi) is 8.05. The summed E-state index contributed by atoms with van der Waals surface area (Å²) < 4.78 is 5.35. The molecule has 0 aliphatic carbocycles. The van der Waals surface area contributed by atoms with Gasteiger partial charge in [0.2, 0.25) is 11.8 Å². The average molecular weight is 385 g/mol. The highest BCUT2D eigenvalue weighted by molar-refractivity contribution is 5.92. The Hall–Kier alpha value is -2.32. The van der Waals surface area contributed by atoms with Gasteiger partial charge in [-0.25, -0.2) is 4.79 Å². The van der Waals surface area contributed by atoms with E-state index in [1.807, 2.05) is 13.8 Å². The van der Waals surface area contributed by atoms with Crippen LogP contribution >= 0.6 is 0 Å². The lowest BCUT2D eigenvalue weighted by Gasteiger charge is -2.29. The Morgan fingerprint density at radius 3 is 2.37 bits per heavy atom. The van der Waals surface area contributed by atoms with Crippen LogP contribution in [0.5, 0.6) is 0 Å². The summed E-state index contributed by atoms with van der Waals surface area (Å²) >= 11 is 0. The van der Waals surface area contributed by atoms with Crippen molar-refractivity contribution in [2.75, 3.05) is 13.1 Å². The molecule has 0 aromatic heterocycles. The number of ether oxygens (including phenoxy) is 1. The number of carboxylic acid groups (broad SMARTS) is 1. The molecule has 0 saturated carbocycles. The van der Waals surface area contributed by atoms with E-state index in [0.29, 0.717) is 25.8 Å². The Morgan fingerprint density at radius 1 is 1.22 bits per heavy atom. The second kappa shape index (κ2) is 9.57. The first-order chi connectivity index (χ1) is 12.4. The summed E-state index contributed by atoms with van der Waals surface area (Å²) in [6.07, 6.45) is 0.945. The number of aliphatic carboxylic acids is 1. The third-order valence-electron chi connectivity index (χ3n) is 3.94. The van der Waals surface area contributed by atoms with Gasteiger partial charge in [0.05, 0.1) is 0 Å². The van der Waals surface area contributed by atoms with Crippen LogP contribution in [0.25, 0.3) is 0 Å². The first-order valence-electron chi connectivity index (χ1n) is 9.20. The van der Waals surface area contributed by atoms with E-state index in [1.54, 1.807) is 20.8 Å². The predicted molar refractivity (Wildman–Crippen MR) is 98.0 cm³/mol. The molecule has 0 unspecified atom stereocenters. The molecule has 1 aliphatic rings. The summed E-state index contributed by atoms with van der Waals surface area (Å²) in [7, 11) is 0. The molecule has 27 heavy (non-hydrogen) atoms. The van der Waals surface area contributed by atoms with Crippen molar-refractivity contribution in [2.24, 2.45) is 5.92 Å². The van der Waals surface area contributed by atoms with Gasteiger partial charge in [-0.1, -0.05) is 13.8 Å². The standard InChI is InChI=1S/C18H31N3O6/c1-11(2)9-12(15(24)19-10-14(22)23)20-16(25)13-7-6-8-21(13)17(26)27-18(3,4)5/h11-13H,6-10H2,1-5H3,(H,19,24)(H,20,25)(H,22,23)/t12-,13-/m1/s1. The quantitative estimate of drug-likeness (QED) is 0.603. The van der Waals surface area contributed by atoms with Gasteiger partial charge in [-0.05, 0) is 46.0 Å². The molecular formula is C18H31N3O6. The van der Waals surface area contributed by atoms with Crippen LogP contribution in [0.2, 0.25) is 0 Å². The number of amides is 3. The number of hydrogen-bond donors (Lipinski definition) is 3. The molecule has 0 radical (unpaired) electrons. The van der Waals surface area contributed by atoms with Crippen molar-refractivity contribution in [1.29, 1.82) is 0 Å². The lowest BCUT2D eigenvalue weighted by atomic mass is 10.0. The maximum atomic E-state index is 12.7. The van der Waals surface area contributed by atoms with Crippen LogP contribution in [0.1, 0.15) is 53.9 Å². The Balaban J connectivity index is 2.79. The zero-order valence-electron chi connectivity index (χ0n) is 16.7. The van der Waals surface area contributed by atoms with Gasteiger partial charge in [-0.15, -0.1) is 0 Å². The molecule has 1 rings (SSSR count). The number of carboxylic acids is 1. The van der Waals surface area contributed by atoms with Crippen LogP contribution in [0, 0.1) is 5.92 Å². The summed E-state index contributed by atoms with van der Waals surface area (Å²) in [6, 6.07) is -1.57. The van der Waals surface area contributed by atoms with Gasteiger partial charge in [0.1, 0.15) is 24.2 Å². The van der Waals surface area contributed by atoms with E-state index in [4.69, 9.17) is 9.84 Å². The largest absolute Gasteiger partial charge is 0.480 e. The Morgan fingerprint density at radius 2 is 1.85 bits per heavy atom. The molecule has 0 aromatic rings. The minimum Gasteiger partial charge on any atom is -0.480 e. The number of likely N-dealkylation sites (tertiary alicyclic amines) is 1. The van der Waals surface area contributed by atoms with Gasteiger partial charge in [-0.3, -0.25) is 19.3 Å². The molecular weight excluding hydrogens is 354 g/mol. The third-order valence-corrected chi connectivity index (χ3v) is 3.94. The van der Waals surface area contributed by atoms with Gasteiger partial charge in [-0.2, -0.15) is 0 Å². The second-order valence-corrected chi connectivity index (χ2v) is 8.13. The minimum atomic E-state index is -1.16. The van der Waals surface area contributed by atoms with Crippen molar-refractivity contribution in [2.45, 2.75) is 71.6 Å². The van der Waals surface area contributed by atoms with Crippen LogP contribution in [0.4, 0.5) is 4.79 Å². The number of carbonyl (C=O) groups is 4. The third kappa shape index (κ3) is 7.84. The van der Waals surface area contributed by atoms with Gasteiger partial charge < -0.3 is 20.5 Å². The zero-order chi connectivity index (χ0) is 20.8. The molecule has 2 atom stereocenters. The van der Waals surface area contributed by atoms with E-state index in [2.05, 4.69) is 10.6 Å². The molecule has 1 fully saturated rings. The van der Waals surface area contributed by atoms with Crippen molar-refractivity contribution >= 4 is 23.9 Å². The molecule has 154 valence electrons. The highest BCUT2D eigenvalue weighted by atomic mass is 16.6. The zero-order valence-corrected chi connectivity index (χ0v) is 16.7. The van der Waals surface area contributed by atoms with Gasteiger partial charge in [0.25, 0.3) is 0 Å². The van der Waals surface area contributed by atoms with Gasteiger partial charge >= 0.3 is 12.1 Å². The van der Waals surface area contributed by atoms with Crippen molar-refractivity contribution in [1.82, 2.24) is 15.5 Å². The normalized spacial score (nSPS) is 18.1. The molecule has 9 heteroatoms. The summed E-state index contributed by atoms with van der Waals surface area (Å²) in [5, 5.41) is 13.7. The van der Waals surface area contributed by atoms with Gasteiger partial charge in [0, 0.05) is 6.54 Å². The fourth-order valence-corrected chi connectivity index (χ4v) is 2.84. The fraction of sp³-hybridized carbons (Fsp3) is 0.778. The topological polar surface area (TPSA) is 125 Å². The second-order valence-electron chi connectivity index (χ2n) is 8.13. The monoisotopic (exact) mass is 385 g/mol. The molecule has 1 saturated heterocycles. The van der Waals surface area contributed by atoms with Crippen molar-refractivity contribution in [3.63, 3.8) is 0 Å². The smallest absolute Gasteiger partial charge is 0.410 e. The van der Waals surface area contributed by atoms with Crippen LogP contribution < -0.4 is 10.6 Å². The van der Waals surface area contributed by atoms with E-state index < -0.39 is 48.1 Å². The summed E-state index contributed by atoms with van der Waals surface area (Å²) in [5.74, 6) is -2.04. The van der Waals surface area contributed by atoms with Crippen molar-refractivity contribution in [3.05, 3.63) is 0 Å². The number of hydrogen-bond acceptors (Lipinski definition) is 5. The van der Waals surface area contributed by atoms with Gasteiger partial charge in [0.15, 0.2) is 0 Å². The number of nitrogens with one attached hydrogen (secondary N) is 2.